The molecule has 27 heavy (non-hydrogen) atoms. The molecule has 0 spiro atoms. The Bertz CT molecular complexity index is 725. The van der Waals surface area contributed by atoms with Crippen molar-refractivity contribution in [3.05, 3.63) is 29.8 Å². The fourth-order valence-electron chi connectivity index (χ4n) is 3.36. The monoisotopic (exact) mass is 481 g/mol. The Labute approximate surface area is 178 Å². The topological polar surface area (TPSA) is 68.8 Å². The molecule has 2 unspecified atom stereocenters. The number of carbonyl (C=O) groups is 1. The highest BCUT2D eigenvalue weighted by Crippen LogP contribution is 2.31. The lowest BCUT2D eigenvalue weighted by atomic mass is 10.1. The third-order valence-electron chi connectivity index (χ3n) is 4.98. The van der Waals surface area contributed by atoms with Crippen LogP contribution in [0.3, 0.4) is 0 Å². The fraction of sp³-hybridized carbons (Fsp3) is 0.500. The van der Waals surface area contributed by atoms with E-state index in [0.29, 0.717) is 23.6 Å². The molecule has 2 atom stereocenters. The van der Waals surface area contributed by atoms with E-state index in [1.807, 2.05) is 18.2 Å². The van der Waals surface area contributed by atoms with Crippen molar-refractivity contribution in [3.63, 3.8) is 0 Å². The quantitative estimate of drug-likeness (QED) is 0.260. The van der Waals surface area contributed by atoms with Crippen LogP contribution >= 0.6 is 24.0 Å². The van der Waals surface area contributed by atoms with Crippen molar-refractivity contribution in [2.45, 2.75) is 31.8 Å². The third kappa shape index (κ3) is 6.11. The van der Waals surface area contributed by atoms with Crippen LogP contribution in [0.2, 0.25) is 0 Å². The van der Waals surface area contributed by atoms with Gasteiger partial charge in [0.05, 0.1) is 6.54 Å². The first-order chi connectivity index (χ1) is 12.6. The number of carbonyl (C=O) groups excluding carboxylic acids is 1. The second kappa shape index (κ2) is 9.95. The van der Waals surface area contributed by atoms with Gasteiger partial charge in [-0.3, -0.25) is 14.7 Å². The maximum absolute atomic E-state index is 12.2. The van der Waals surface area contributed by atoms with Crippen LogP contribution in [-0.2, 0) is 4.79 Å². The van der Waals surface area contributed by atoms with Crippen molar-refractivity contribution in [1.82, 2.24) is 15.5 Å². The summed E-state index contributed by atoms with van der Waals surface area (Å²) >= 11 is 0. The number of hydrogen-bond donors (Lipinski definition) is 3. The molecule has 0 aromatic heterocycles. The molecule has 0 radical (unpaired) electrons. The zero-order chi connectivity index (χ0) is 18.5. The largest absolute Gasteiger partial charge is 0.352 e. The van der Waals surface area contributed by atoms with Crippen LogP contribution in [-0.4, -0.2) is 55.5 Å². The van der Waals surface area contributed by atoms with Gasteiger partial charge in [-0.1, -0.05) is 18.9 Å². The van der Waals surface area contributed by atoms with Gasteiger partial charge in [0.25, 0.3) is 0 Å². The number of nitrogens with one attached hydrogen (secondary N) is 3. The minimum Gasteiger partial charge on any atom is -0.352 e. The van der Waals surface area contributed by atoms with Gasteiger partial charge in [-0.15, -0.1) is 30.4 Å². The Morgan fingerprint density at radius 3 is 2.81 bits per heavy atom. The molecule has 2 aliphatic rings. The number of amides is 1. The number of benzene rings is 1. The van der Waals surface area contributed by atoms with Crippen molar-refractivity contribution in [1.29, 1.82) is 0 Å². The highest BCUT2D eigenvalue weighted by Gasteiger charge is 2.38. The molecule has 0 bridgehead atoms. The van der Waals surface area contributed by atoms with Gasteiger partial charge in [-0.25, -0.2) is 0 Å². The van der Waals surface area contributed by atoms with Gasteiger partial charge >= 0.3 is 0 Å². The number of guanidine groups is 1. The zero-order valence-electron chi connectivity index (χ0n) is 15.9. The summed E-state index contributed by atoms with van der Waals surface area (Å²) in [5.41, 5.74) is 1.43. The van der Waals surface area contributed by atoms with Crippen LogP contribution in [0.15, 0.2) is 29.3 Å². The van der Waals surface area contributed by atoms with Gasteiger partial charge < -0.3 is 16.0 Å². The van der Waals surface area contributed by atoms with Gasteiger partial charge in [-0.2, -0.15) is 0 Å². The molecular weight excluding hydrogens is 453 g/mol. The first-order valence-electron chi connectivity index (χ1n) is 9.17. The van der Waals surface area contributed by atoms with E-state index >= 15 is 0 Å². The molecule has 1 aliphatic heterocycles. The van der Waals surface area contributed by atoms with Crippen LogP contribution < -0.4 is 16.0 Å². The smallest absolute Gasteiger partial charge is 0.243 e. The highest BCUT2D eigenvalue weighted by molar-refractivity contribution is 14.0. The number of terminal acetylenes is 1. The van der Waals surface area contributed by atoms with E-state index in [1.54, 1.807) is 13.1 Å². The summed E-state index contributed by atoms with van der Waals surface area (Å²) in [6, 6.07) is 8.39. The molecule has 2 fully saturated rings. The third-order valence-corrected chi connectivity index (χ3v) is 4.98. The van der Waals surface area contributed by atoms with E-state index < -0.39 is 0 Å². The summed E-state index contributed by atoms with van der Waals surface area (Å²) in [4.78, 5) is 19.0. The van der Waals surface area contributed by atoms with E-state index in [1.165, 1.54) is 12.8 Å². The van der Waals surface area contributed by atoms with Crippen LogP contribution in [0.5, 0.6) is 0 Å². The maximum Gasteiger partial charge on any atom is 0.243 e. The Morgan fingerprint density at radius 1 is 1.37 bits per heavy atom. The van der Waals surface area contributed by atoms with Crippen molar-refractivity contribution >= 4 is 41.5 Å². The fourth-order valence-corrected chi connectivity index (χ4v) is 3.36. The Balaban J connectivity index is 0.00000261. The van der Waals surface area contributed by atoms with E-state index in [4.69, 9.17) is 6.42 Å². The summed E-state index contributed by atoms with van der Waals surface area (Å²) in [6.45, 7) is 4.58. The van der Waals surface area contributed by atoms with Gasteiger partial charge in [0.2, 0.25) is 5.91 Å². The normalized spacial score (nSPS) is 22.5. The van der Waals surface area contributed by atoms with E-state index in [2.05, 4.69) is 38.7 Å². The first kappa shape index (κ1) is 21.5. The van der Waals surface area contributed by atoms with Crippen LogP contribution in [0.4, 0.5) is 5.69 Å². The van der Waals surface area contributed by atoms with Crippen molar-refractivity contribution in [2.75, 3.05) is 32.0 Å². The Hall–Kier alpha value is -1.79. The van der Waals surface area contributed by atoms with Gasteiger partial charge in [-0.05, 0) is 37.0 Å². The lowest BCUT2D eigenvalue weighted by Crippen LogP contribution is -2.48. The van der Waals surface area contributed by atoms with Crippen molar-refractivity contribution in [3.8, 4) is 12.3 Å². The lowest BCUT2D eigenvalue weighted by molar-refractivity contribution is -0.115. The summed E-state index contributed by atoms with van der Waals surface area (Å²) in [5.74, 6) is 3.65. The molecule has 1 aliphatic carbocycles. The summed E-state index contributed by atoms with van der Waals surface area (Å²) in [5, 5.41) is 9.39. The Kier molecular flexibility index (Phi) is 7.92. The van der Waals surface area contributed by atoms with E-state index in [-0.39, 0.29) is 36.4 Å². The Morgan fingerprint density at radius 2 is 2.15 bits per heavy atom. The molecule has 1 saturated carbocycles. The van der Waals surface area contributed by atoms with E-state index in [0.717, 1.165) is 24.7 Å². The molecule has 6 nitrogen and oxygen atoms in total. The first-order valence-corrected chi connectivity index (χ1v) is 9.17. The predicted molar refractivity (Wildman–Crippen MR) is 120 cm³/mol. The zero-order valence-corrected chi connectivity index (χ0v) is 18.2. The molecule has 7 heteroatoms. The van der Waals surface area contributed by atoms with Crippen molar-refractivity contribution in [2.24, 2.45) is 10.9 Å². The van der Waals surface area contributed by atoms with Gasteiger partial charge in [0.15, 0.2) is 5.96 Å². The molecular formula is C20H28IN5O. The molecule has 3 N–H and O–H groups in total. The molecule has 146 valence electrons. The maximum atomic E-state index is 12.2. The van der Waals surface area contributed by atoms with Crippen molar-refractivity contribution < 1.29 is 4.79 Å². The summed E-state index contributed by atoms with van der Waals surface area (Å²) in [7, 11) is 1.72. The molecule has 1 aromatic rings. The molecule has 1 aromatic carbocycles. The molecule has 1 saturated heterocycles. The van der Waals surface area contributed by atoms with Crippen LogP contribution in [0, 0.1) is 18.3 Å². The molecule has 1 amide bonds. The molecule has 3 rings (SSSR count). The number of hydrogen-bond acceptors (Lipinski definition) is 3. The number of nitrogens with zero attached hydrogens (tertiary/aromatic N) is 2. The minimum absolute atomic E-state index is 0. The molecule has 1 heterocycles. The number of anilines is 1. The second-order valence-corrected chi connectivity index (χ2v) is 7.11. The van der Waals surface area contributed by atoms with Gasteiger partial charge in [0.1, 0.15) is 0 Å². The van der Waals surface area contributed by atoms with Crippen LogP contribution in [0.1, 0.15) is 25.3 Å². The second-order valence-electron chi connectivity index (χ2n) is 7.11. The van der Waals surface area contributed by atoms with Gasteiger partial charge in [0, 0.05) is 43.5 Å². The van der Waals surface area contributed by atoms with Crippen LogP contribution in [0.25, 0.3) is 0 Å². The predicted octanol–water partition coefficient (Wildman–Crippen LogP) is 1.87. The number of halogens is 1. The SMILES string of the molecule is C#Cc1cccc(NC(=O)CNC(=NC)NC2CN(C3CC3)CC2C)c1.I. The average molecular weight is 481 g/mol. The minimum atomic E-state index is -0.138. The highest BCUT2D eigenvalue weighted by atomic mass is 127. The number of likely N-dealkylation sites (tertiary alicyclic amines) is 1. The number of aliphatic imine (C=N–C) groups is 1. The lowest BCUT2D eigenvalue weighted by Gasteiger charge is -2.20. The summed E-state index contributed by atoms with van der Waals surface area (Å²) in [6.07, 6.45) is 8.04. The van der Waals surface area contributed by atoms with E-state index in [9.17, 15) is 4.79 Å². The average Bonchev–Trinajstić information content (AvgIpc) is 3.43. The summed E-state index contributed by atoms with van der Waals surface area (Å²) < 4.78 is 0. The number of rotatable bonds is 5. The standard InChI is InChI=1S/C20H27N5O.HI/c1-4-15-6-5-7-16(10-15)23-19(26)11-22-20(21-3)24-18-13-25(12-14(18)2)17-8-9-17;/h1,5-7,10,14,17-18H,8-9,11-13H2,2-3H3,(H,23,26)(H2,21,22,24);1H.